The van der Waals surface area contributed by atoms with E-state index in [1.165, 1.54) is 0 Å². The van der Waals surface area contributed by atoms with Gasteiger partial charge < -0.3 is 19.0 Å². The van der Waals surface area contributed by atoms with Crippen molar-refractivity contribution in [2.75, 3.05) is 18.0 Å². The summed E-state index contributed by atoms with van der Waals surface area (Å²) in [7, 11) is 0. The van der Waals surface area contributed by atoms with Crippen molar-refractivity contribution in [3.63, 3.8) is 0 Å². The number of nitrogens with zero attached hydrogens (tertiary/aromatic N) is 3. The van der Waals surface area contributed by atoms with Crippen LogP contribution in [0.1, 0.15) is 57.4 Å². The summed E-state index contributed by atoms with van der Waals surface area (Å²) in [5.74, 6) is 2.26. The van der Waals surface area contributed by atoms with Crippen molar-refractivity contribution in [2.24, 2.45) is 5.92 Å². The molecule has 1 aromatic heterocycles. The van der Waals surface area contributed by atoms with Gasteiger partial charge in [0.15, 0.2) is 5.89 Å². The zero-order chi connectivity index (χ0) is 21.4. The first kappa shape index (κ1) is 20.4. The molecule has 7 nitrogen and oxygen atoms in total. The molecule has 160 valence electrons. The molecular weight excluding hydrogens is 382 g/mol. The van der Waals surface area contributed by atoms with E-state index in [2.05, 4.69) is 4.98 Å². The van der Waals surface area contributed by atoms with E-state index in [1.54, 1.807) is 4.90 Å². The Balaban J connectivity index is 1.41. The van der Waals surface area contributed by atoms with Crippen molar-refractivity contribution in [1.82, 2.24) is 9.88 Å². The average Bonchev–Trinajstić information content (AvgIpc) is 3.31. The number of benzene rings is 1. The fourth-order valence-electron chi connectivity index (χ4n) is 4.01. The van der Waals surface area contributed by atoms with E-state index in [0.29, 0.717) is 26.1 Å². The lowest BCUT2D eigenvalue weighted by atomic mass is 10.0. The van der Waals surface area contributed by atoms with Crippen LogP contribution >= 0.6 is 0 Å². The Morgan fingerprint density at radius 1 is 1.20 bits per heavy atom. The molecule has 2 aliphatic heterocycles. The summed E-state index contributed by atoms with van der Waals surface area (Å²) in [6.45, 7) is 9.49. The predicted molar refractivity (Wildman–Crippen MR) is 112 cm³/mol. The van der Waals surface area contributed by atoms with Crippen LogP contribution in [0.15, 0.2) is 28.7 Å². The zero-order valence-electron chi connectivity index (χ0n) is 18.1. The van der Waals surface area contributed by atoms with Crippen LogP contribution in [-0.2, 0) is 22.6 Å². The molecule has 1 unspecified atom stereocenters. The number of hydrogen-bond donors (Lipinski definition) is 0. The highest BCUT2D eigenvalue weighted by molar-refractivity contribution is 6.00. The Morgan fingerprint density at radius 3 is 2.60 bits per heavy atom. The Bertz CT molecular complexity index is 932. The number of fused-ring (bicyclic) bond motifs is 1. The summed E-state index contributed by atoms with van der Waals surface area (Å²) in [5, 5.41) is 0. The fraction of sp³-hybridized carbons (Fsp3) is 0.522. The lowest BCUT2D eigenvalue weighted by Gasteiger charge is -2.27. The fourth-order valence-corrected chi connectivity index (χ4v) is 4.01. The quantitative estimate of drug-likeness (QED) is 0.752. The second-order valence-corrected chi connectivity index (χ2v) is 8.65. The number of oxazole rings is 1. The van der Waals surface area contributed by atoms with E-state index in [0.717, 1.165) is 28.8 Å². The van der Waals surface area contributed by atoms with Crippen LogP contribution in [0.4, 0.5) is 5.69 Å². The third-order valence-corrected chi connectivity index (χ3v) is 5.54. The molecule has 30 heavy (non-hydrogen) atoms. The maximum atomic E-state index is 13.1. The number of rotatable bonds is 5. The molecule has 0 bridgehead atoms. The van der Waals surface area contributed by atoms with Gasteiger partial charge in [0, 0.05) is 37.5 Å². The van der Waals surface area contributed by atoms with Gasteiger partial charge in [-0.15, -0.1) is 0 Å². The molecule has 2 aliphatic rings. The molecule has 0 N–H and O–H groups in total. The van der Waals surface area contributed by atoms with Crippen molar-refractivity contribution < 1.29 is 18.7 Å². The number of carbonyl (C=O) groups is 2. The molecule has 3 heterocycles. The summed E-state index contributed by atoms with van der Waals surface area (Å²) in [6, 6.07) is 7.47. The van der Waals surface area contributed by atoms with Gasteiger partial charge in [0.05, 0.1) is 18.6 Å². The van der Waals surface area contributed by atoms with Crippen LogP contribution in [0.3, 0.4) is 0 Å². The molecule has 0 aliphatic carbocycles. The van der Waals surface area contributed by atoms with Gasteiger partial charge in [-0.2, -0.15) is 0 Å². The van der Waals surface area contributed by atoms with Crippen LogP contribution in [0.2, 0.25) is 0 Å². The minimum atomic E-state index is -0.331. The zero-order valence-corrected chi connectivity index (χ0v) is 18.1. The van der Waals surface area contributed by atoms with E-state index in [9.17, 15) is 9.59 Å². The number of ether oxygens (including phenoxy) is 1. The molecule has 0 spiro atoms. The van der Waals surface area contributed by atoms with Gasteiger partial charge in [-0.25, -0.2) is 4.98 Å². The van der Waals surface area contributed by atoms with E-state index >= 15 is 0 Å². The second kappa shape index (κ2) is 8.13. The van der Waals surface area contributed by atoms with Crippen molar-refractivity contribution >= 4 is 17.5 Å². The van der Waals surface area contributed by atoms with Gasteiger partial charge in [-0.3, -0.25) is 9.59 Å². The van der Waals surface area contributed by atoms with Crippen molar-refractivity contribution in [3.05, 3.63) is 41.6 Å². The molecule has 1 aromatic carbocycles. The van der Waals surface area contributed by atoms with Crippen LogP contribution < -0.4 is 9.64 Å². The summed E-state index contributed by atoms with van der Waals surface area (Å²) in [6.07, 6.45) is 1.00. The molecule has 1 saturated heterocycles. The molecule has 2 amide bonds. The second-order valence-electron chi connectivity index (χ2n) is 8.65. The van der Waals surface area contributed by atoms with Crippen molar-refractivity contribution in [2.45, 2.75) is 59.1 Å². The normalized spacial score (nSPS) is 19.0. The SMILES string of the molecule is CC(C)Oc1ccc(N2CC(C(=O)N3CCc4oc(C(C)C)nc4C3)CC2=O)cc1. The maximum Gasteiger partial charge on any atom is 0.228 e. The molecule has 7 heteroatoms. The Kier molecular flexibility index (Phi) is 5.54. The summed E-state index contributed by atoms with van der Waals surface area (Å²) >= 11 is 0. The van der Waals surface area contributed by atoms with Crippen LogP contribution in [0, 0.1) is 5.92 Å². The van der Waals surface area contributed by atoms with Gasteiger partial charge in [0.1, 0.15) is 17.2 Å². The molecule has 2 aromatic rings. The predicted octanol–water partition coefficient (Wildman–Crippen LogP) is 3.52. The first-order valence-electron chi connectivity index (χ1n) is 10.7. The number of hydrogen-bond acceptors (Lipinski definition) is 5. The average molecular weight is 412 g/mol. The number of anilines is 1. The van der Waals surface area contributed by atoms with E-state index in [1.807, 2.05) is 56.9 Å². The monoisotopic (exact) mass is 411 g/mol. The summed E-state index contributed by atoms with van der Waals surface area (Å²) in [4.78, 5) is 33.8. The van der Waals surface area contributed by atoms with E-state index in [4.69, 9.17) is 9.15 Å². The highest BCUT2D eigenvalue weighted by Gasteiger charge is 2.38. The van der Waals surface area contributed by atoms with Crippen LogP contribution in [-0.4, -0.2) is 40.9 Å². The van der Waals surface area contributed by atoms with Crippen LogP contribution in [0.25, 0.3) is 0 Å². The number of aromatic nitrogens is 1. The molecule has 4 rings (SSSR count). The van der Waals surface area contributed by atoms with Gasteiger partial charge in [-0.1, -0.05) is 13.8 Å². The first-order chi connectivity index (χ1) is 14.3. The van der Waals surface area contributed by atoms with Gasteiger partial charge in [-0.05, 0) is 38.1 Å². The summed E-state index contributed by atoms with van der Waals surface area (Å²) in [5.41, 5.74) is 1.64. The number of carbonyl (C=O) groups excluding carboxylic acids is 2. The highest BCUT2D eigenvalue weighted by atomic mass is 16.5. The third-order valence-electron chi connectivity index (χ3n) is 5.54. The smallest absolute Gasteiger partial charge is 0.228 e. The summed E-state index contributed by atoms with van der Waals surface area (Å²) < 4.78 is 11.5. The van der Waals surface area contributed by atoms with E-state index in [-0.39, 0.29) is 36.2 Å². The molecular formula is C23H29N3O4. The molecule has 1 atom stereocenters. The number of amides is 2. The standard InChI is InChI=1S/C23H29N3O4/c1-14(2)22-24-19-13-25(10-9-20(19)30-22)23(28)16-11-21(27)26(12-16)17-5-7-18(8-6-17)29-15(3)4/h5-8,14-16H,9-13H2,1-4H3. The minimum Gasteiger partial charge on any atom is -0.491 e. The lowest BCUT2D eigenvalue weighted by molar-refractivity contribution is -0.136. The topological polar surface area (TPSA) is 75.9 Å². The van der Waals surface area contributed by atoms with Crippen LogP contribution in [0.5, 0.6) is 5.75 Å². The molecule has 1 fully saturated rings. The van der Waals surface area contributed by atoms with Crippen molar-refractivity contribution in [1.29, 1.82) is 0 Å². The first-order valence-corrected chi connectivity index (χ1v) is 10.7. The van der Waals surface area contributed by atoms with Crippen molar-refractivity contribution in [3.8, 4) is 5.75 Å². The Labute approximate surface area is 177 Å². The van der Waals surface area contributed by atoms with Gasteiger partial charge in [0.25, 0.3) is 0 Å². The minimum absolute atomic E-state index is 0.0189. The Hall–Kier alpha value is -2.83. The largest absolute Gasteiger partial charge is 0.491 e. The van der Waals surface area contributed by atoms with Gasteiger partial charge in [0.2, 0.25) is 11.8 Å². The molecule has 0 radical (unpaired) electrons. The van der Waals surface area contributed by atoms with E-state index < -0.39 is 0 Å². The Morgan fingerprint density at radius 2 is 1.93 bits per heavy atom. The third kappa shape index (κ3) is 4.06. The maximum absolute atomic E-state index is 13.1. The molecule has 0 saturated carbocycles. The highest BCUT2D eigenvalue weighted by Crippen LogP contribution is 2.30. The lowest BCUT2D eigenvalue weighted by Crippen LogP contribution is -2.40. The van der Waals surface area contributed by atoms with Gasteiger partial charge >= 0.3 is 0 Å².